The van der Waals surface area contributed by atoms with Gasteiger partial charge in [0.25, 0.3) is 5.91 Å². The third-order valence-corrected chi connectivity index (χ3v) is 3.58. The normalized spacial score (nSPS) is 17.0. The van der Waals surface area contributed by atoms with Crippen LogP contribution in [-0.2, 0) is 6.42 Å². The van der Waals surface area contributed by atoms with E-state index in [-0.39, 0.29) is 23.8 Å². The van der Waals surface area contributed by atoms with Gasteiger partial charge in [0.15, 0.2) is 0 Å². The average Bonchev–Trinajstić information content (AvgIpc) is 2.34. The van der Waals surface area contributed by atoms with Gasteiger partial charge in [-0.05, 0) is 43.4 Å². The minimum atomic E-state index is -0.742. The summed E-state index contributed by atoms with van der Waals surface area (Å²) in [4.78, 5) is 11.9. The number of amides is 1. The number of aryl methyl sites for hydroxylation is 1. The number of benzene rings is 1. The van der Waals surface area contributed by atoms with Crippen LogP contribution < -0.4 is 5.32 Å². The second-order valence-corrected chi connectivity index (χ2v) is 4.97. The molecule has 18 heavy (non-hydrogen) atoms. The quantitative estimate of drug-likeness (QED) is 0.759. The fourth-order valence-electron chi connectivity index (χ4n) is 2.09. The molecular weight excluding hydrogens is 230 g/mol. The van der Waals surface area contributed by atoms with Crippen LogP contribution in [0.5, 0.6) is 5.75 Å². The van der Waals surface area contributed by atoms with E-state index in [0.717, 1.165) is 31.2 Å². The van der Waals surface area contributed by atoms with Crippen molar-refractivity contribution in [1.82, 2.24) is 5.32 Å². The maximum Gasteiger partial charge on any atom is 0.255 e. The molecule has 1 fully saturated rings. The summed E-state index contributed by atoms with van der Waals surface area (Å²) in [5, 5.41) is 22.3. The molecule has 1 amide bonds. The van der Waals surface area contributed by atoms with Crippen LogP contribution in [0.15, 0.2) is 18.2 Å². The van der Waals surface area contributed by atoms with Gasteiger partial charge in [0, 0.05) is 6.54 Å². The predicted molar refractivity (Wildman–Crippen MR) is 68.6 cm³/mol. The van der Waals surface area contributed by atoms with E-state index >= 15 is 0 Å². The Morgan fingerprint density at radius 3 is 2.72 bits per heavy atom. The van der Waals surface area contributed by atoms with Crippen molar-refractivity contribution in [3.8, 4) is 5.75 Å². The standard InChI is InChI=1S/C14H19NO3/c1-2-10-4-5-12(16)11(8-10)13(17)15-9-14(18)6-3-7-14/h4-5,8,16,18H,2-3,6-7,9H2,1H3,(H,15,17). The zero-order valence-corrected chi connectivity index (χ0v) is 10.6. The molecule has 0 spiro atoms. The second-order valence-electron chi connectivity index (χ2n) is 4.97. The Bertz CT molecular complexity index is 452. The van der Waals surface area contributed by atoms with Crippen molar-refractivity contribution < 1.29 is 15.0 Å². The first-order valence-electron chi connectivity index (χ1n) is 6.36. The van der Waals surface area contributed by atoms with Crippen molar-refractivity contribution in [3.05, 3.63) is 29.3 Å². The van der Waals surface area contributed by atoms with Crippen molar-refractivity contribution in [2.45, 2.75) is 38.2 Å². The third kappa shape index (κ3) is 2.64. The summed E-state index contributed by atoms with van der Waals surface area (Å²) >= 11 is 0. The molecule has 0 atom stereocenters. The second kappa shape index (κ2) is 4.98. The zero-order chi connectivity index (χ0) is 13.2. The Labute approximate surface area is 107 Å². The summed E-state index contributed by atoms with van der Waals surface area (Å²) in [5.74, 6) is -0.353. The molecule has 1 aromatic carbocycles. The number of rotatable bonds is 4. The van der Waals surface area contributed by atoms with Crippen LogP contribution in [0, 0.1) is 0 Å². The molecule has 0 bridgehead atoms. The summed E-state index contributed by atoms with van der Waals surface area (Å²) in [6.07, 6.45) is 3.27. The fourth-order valence-corrected chi connectivity index (χ4v) is 2.09. The van der Waals surface area contributed by atoms with E-state index in [0.29, 0.717) is 0 Å². The zero-order valence-electron chi connectivity index (χ0n) is 10.6. The molecule has 2 rings (SSSR count). The van der Waals surface area contributed by atoms with Crippen LogP contribution >= 0.6 is 0 Å². The summed E-state index contributed by atoms with van der Waals surface area (Å²) in [6.45, 7) is 2.24. The van der Waals surface area contributed by atoms with Gasteiger partial charge < -0.3 is 15.5 Å². The number of phenolic OH excluding ortho intramolecular Hbond substituents is 1. The van der Waals surface area contributed by atoms with E-state index in [1.165, 1.54) is 6.07 Å². The smallest absolute Gasteiger partial charge is 0.255 e. The van der Waals surface area contributed by atoms with Crippen LogP contribution in [0.4, 0.5) is 0 Å². The lowest BCUT2D eigenvalue weighted by Crippen LogP contribution is -2.47. The molecule has 98 valence electrons. The van der Waals surface area contributed by atoms with Gasteiger partial charge in [0.2, 0.25) is 0 Å². The van der Waals surface area contributed by atoms with Gasteiger partial charge >= 0.3 is 0 Å². The van der Waals surface area contributed by atoms with Gasteiger partial charge in [-0.1, -0.05) is 13.0 Å². The van der Waals surface area contributed by atoms with Crippen molar-refractivity contribution >= 4 is 5.91 Å². The van der Waals surface area contributed by atoms with E-state index in [1.807, 2.05) is 6.92 Å². The highest BCUT2D eigenvalue weighted by Gasteiger charge is 2.34. The number of nitrogens with one attached hydrogen (secondary N) is 1. The highest BCUT2D eigenvalue weighted by Crippen LogP contribution is 2.30. The third-order valence-electron chi connectivity index (χ3n) is 3.58. The van der Waals surface area contributed by atoms with Gasteiger partial charge in [-0.3, -0.25) is 4.79 Å². The first-order valence-corrected chi connectivity index (χ1v) is 6.36. The molecule has 0 heterocycles. The van der Waals surface area contributed by atoms with Crippen LogP contribution in [0.3, 0.4) is 0 Å². The summed E-state index contributed by atoms with van der Waals surface area (Å²) in [6, 6.07) is 5.02. The molecule has 4 heteroatoms. The number of phenols is 1. The van der Waals surface area contributed by atoms with Gasteiger partial charge in [0.05, 0.1) is 11.2 Å². The Morgan fingerprint density at radius 1 is 1.44 bits per heavy atom. The molecule has 4 nitrogen and oxygen atoms in total. The molecule has 0 radical (unpaired) electrons. The highest BCUT2D eigenvalue weighted by atomic mass is 16.3. The molecule has 0 unspecified atom stereocenters. The number of aromatic hydroxyl groups is 1. The SMILES string of the molecule is CCc1ccc(O)c(C(=O)NCC2(O)CCC2)c1. The molecule has 0 aliphatic heterocycles. The van der Waals surface area contributed by atoms with E-state index in [1.54, 1.807) is 12.1 Å². The summed E-state index contributed by atoms with van der Waals surface area (Å²) in [7, 11) is 0. The lowest BCUT2D eigenvalue weighted by atomic mass is 9.80. The Balaban J connectivity index is 2.03. The molecular formula is C14H19NO3. The van der Waals surface area contributed by atoms with Crippen molar-refractivity contribution in [1.29, 1.82) is 0 Å². The minimum Gasteiger partial charge on any atom is -0.507 e. The number of hydrogen-bond acceptors (Lipinski definition) is 3. The molecule has 1 saturated carbocycles. The van der Waals surface area contributed by atoms with Gasteiger partial charge in [-0.15, -0.1) is 0 Å². The topological polar surface area (TPSA) is 69.6 Å². The molecule has 1 aromatic rings. The highest BCUT2D eigenvalue weighted by molar-refractivity contribution is 5.97. The number of carbonyl (C=O) groups excluding carboxylic acids is 1. The van der Waals surface area contributed by atoms with Gasteiger partial charge in [0.1, 0.15) is 5.75 Å². The van der Waals surface area contributed by atoms with E-state index in [4.69, 9.17) is 0 Å². The minimum absolute atomic E-state index is 0.0229. The maximum absolute atomic E-state index is 11.9. The fraction of sp³-hybridized carbons (Fsp3) is 0.500. The van der Waals surface area contributed by atoms with Gasteiger partial charge in [-0.2, -0.15) is 0 Å². The Hall–Kier alpha value is -1.55. The number of carbonyl (C=O) groups is 1. The van der Waals surface area contributed by atoms with Crippen LogP contribution in [0.25, 0.3) is 0 Å². The van der Waals surface area contributed by atoms with E-state index in [9.17, 15) is 15.0 Å². The molecule has 0 saturated heterocycles. The van der Waals surface area contributed by atoms with E-state index < -0.39 is 5.60 Å². The predicted octanol–water partition coefficient (Wildman–Crippen LogP) is 1.60. The lowest BCUT2D eigenvalue weighted by Gasteiger charge is -2.36. The summed E-state index contributed by atoms with van der Waals surface area (Å²) in [5.41, 5.74) is 0.533. The lowest BCUT2D eigenvalue weighted by molar-refractivity contribution is -0.0300. The average molecular weight is 249 g/mol. The first kappa shape index (κ1) is 12.9. The van der Waals surface area contributed by atoms with E-state index in [2.05, 4.69) is 5.32 Å². The maximum atomic E-state index is 11.9. The Kier molecular flexibility index (Phi) is 3.57. The van der Waals surface area contributed by atoms with Crippen LogP contribution in [0.2, 0.25) is 0 Å². The summed E-state index contributed by atoms with van der Waals surface area (Å²) < 4.78 is 0. The number of aliphatic hydroxyl groups is 1. The van der Waals surface area contributed by atoms with Crippen molar-refractivity contribution in [3.63, 3.8) is 0 Å². The first-order chi connectivity index (χ1) is 8.54. The molecule has 3 N–H and O–H groups in total. The Morgan fingerprint density at radius 2 is 2.17 bits per heavy atom. The van der Waals surface area contributed by atoms with Crippen molar-refractivity contribution in [2.75, 3.05) is 6.54 Å². The largest absolute Gasteiger partial charge is 0.507 e. The molecule has 1 aliphatic carbocycles. The molecule has 0 aromatic heterocycles. The van der Waals surface area contributed by atoms with Gasteiger partial charge in [-0.25, -0.2) is 0 Å². The monoisotopic (exact) mass is 249 g/mol. The van der Waals surface area contributed by atoms with Crippen molar-refractivity contribution in [2.24, 2.45) is 0 Å². The molecule has 1 aliphatic rings. The van der Waals surface area contributed by atoms with Crippen LogP contribution in [-0.4, -0.2) is 28.3 Å². The number of hydrogen-bond donors (Lipinski definition) is 3. The van der Waals surface area contributed by atoms with Crippen LogP contribution in [0.1, 0.15) is 42.1 Å².